The van der Waals surface area contributed by atoms with Crippen molar-refractivity contribution in [1.29, 1.82) is 0 Å². The summed E-state index contributed by atoms with van der Waals surface area (Å²) in [5.41, 5.74) is 1.38. The van der Waals surface area contributed by atoms with Crippen LogP contribution in [0, 0.1) is 0 Å². The topological polar surface area (TPSA) is 21.6 Å². The molecule has 0 spiro atoms. The molecule has 0 aliphatic rings. The summed E-state index contributed by atoms with van der Waals surface area (Å²) >= 11 is 3.34. The van der Waals surface area contributed by atoms with E-state index in [0.29, 0.717) is 5.56 Å². The smallest absolute Gasteiger partial charge is 0.263 e. The molecule has 5 heteroatoms. The number of rotatable bonds is 5. The first kappa shape index (κ1) is 14.7. The molecule has 0 bridgehead atoms. The van der Waals surface area contributed by atoms with Crippen LogP contribution in [0.1, 0.15) is 23.1 Å². The minimum atomic E-state index is -2.48. The van der Waals surface area contributed by atoms with Gasteiger partial charge >= 0.3 is 0 Å². The number of halogens is 3. The highest BCUT2D eigenvalue weighted by Crippen LogP contribution is 2.19. The number of benzene rings is 2. The van der Waals surface area contributed by atoms with Gasteiger partial charge in [0.25, 0.3) is 6.43 Å². The Bertz CT molecular complexity index is 602. The first-order valence-corrected chi connectivity index (χ1v) is 6.65. The summed E-state index contributed by atoms with van der Waals surface area (Å²) in [6.07, 6.45) is 0.238. The van der Waals surface area contributed by atoms with E-state index >= 15 is 0 Å². The molecule has 0 amide bonds. The molecule has 2 aromatic rings. The largest absolute Gasteiger partial charge is 0.390 e. The van der Waals surface area contributed by atoms with Gasteiger partial charge in [-0.3, -0.25) is 0 Å². The lowest BCUT2D eigenvalue weighted by atomic mass is 10.1. The van der Waals surface area contributed by atoms with Gasteiger partial charge < -0.3 is 4.84 Å². The van der Waals surface area contributed by atoms with Gasteiger partial charge in [-0.2, -0.15) is 0 Å². The van der Waals surface area contributed by atoms with Crippen LogP contribution in [-0.2, 0) is 11.4 Å². The maximum atomic E-state index is 12.5. The van der Waals surface area contributed by atoms with Crippen LogP contribution < -0.4 is 0 Å². The molecule has 0 saturated carbocycles. The van der Waals surface area contributed by atoms with Crippen molar-refractivity contribution in [3.8, 4) is 0 Å². The van der Waals surface area contributed by atoms with Crippen LogP contribution in [0.25, 0.3) is 0 Å². The second-order valence-electron chi connectivity index (χ2n) is 4.03. The molecule has 2 aromatic carbocycles. The summed E-state index contributed by atoms with van der Waals surface area (Å²) in [6.45, 7) is 0.127. The Morgan fingerprint density at radius 1 is 1.15 bits per heavy atom. The van der Waals surface area contributed by atoms with E-state index < -0.39 is 6.43 Å². The normalized spacial score (nSPS) is 11.2. The molecule has 0 aromatic heterocycles. The fraction of sp³-hybridized carbons (Fsp3) is 0.133. The first-order chi connectivity index (χ1) is 9.65. The number of hydrogen-bond donors (Lipinski definition) is 0. The van der Waals surface area contributed by atoms with Gasteiger partial charge in [-0.25, -0.2) is 8.78 Å². The summed E-state index contributed by atoms with van der Waals surface area (Å²) in [5, 5.41) is 3.69. The van der Waals surface area contributed by atoms with Gasteiger partial charge in [0.2, 0.25) is 0 Å². The third-order valence-corrected chi connectivity index (χ3v) is 2.99. The van der Waals surface area contributed by atoms with Crippen LogP contribution in [0.5, 0.6) is 0 Å². The maximum Gasteiger partial charge on any atom is 0.263 e. The SMILES string of the molecule is FC(F)c1cccc(CO/N=[C]\c2cccc(Br)c2)c1. The average molecular weight is 339 g/mol. The van der Waals surface area contributed by atoms with Gasteiger partial charge in [0.05, 0.1) is 0 Å². The van der Waals surface area contributed by atoms with E-state index in [9.17, 15) is 8.78 Å². The van der Waals surface area contributed by atoms with Crippen molar-refractivity contribution in [2.45, 2.75) is 13.0 Å². The molecule has 0 fully saturated rings. The van der Waals surface area contributed by atoms with Crippen LogP contribution in [0.4, 0.5) is 8.78 Å². The lowest BCUT2D eigenvalue weighted by Gasteiger charge is -2.03. The molecule has 2 rings (SSSR count). The van der Waals surface area contributed by atoms with Crippen molar-refractivity contribution in [2.75, 3.05) is 0 Å². The molecule has 0 aliphatic carbocycles. The standard InChI is InChI=1S/C15H11BrF2NO/c16-14-6-2-3-11(8-14)9-19-20-10-12-4-1-5-13(7-12)15(17)18/h1-8,15H,10H2. The summed E-state index contributed by atoms with van der Waals surface area (Å²) < 4.78 is 25.9. The average Bonchev–Trinajstić information content (AvgIpc) is 2.44. The first-order valence-electron chi connectivity index (χ1n) is 5.86. The molecule has 0 N–H and O–H groups in total. The third kappa shape index (κ3) is 4.42. The quantitative estimate of drug-likeness (QED) is 0.566. The van der Waals surface area contributed by atoms with Crippen LogP contribution in [0.15, 0.2) is 58.2 Å². The Balaban J connectivity index is 1.91. The fourth-order valence-corrected chi connectivity index (χ4v) is 1.97. The Kier molecular flexibility index (Phi) is 5.24. The van der Waals surface area contributed by atoms with Crippen LogP contribution in [-0.4, -0.2) is 6.21 Å². The molecule has 2 nitrogen and oxygen atoms in total. The molecule has 0 heterocycles. The zero-order valence-electron chi connectivity index (χ0n) is 10.4. The van der Waals surface area contributed by atoms with E-state index in [4.69, 9.17) is 4.84 Å². The summed E-state index contributed by atoms with van der Waals surface area (Å²) in [4.78, 5) is 5.05. The molecule has 0 atom stereocenters. The second kappa shape index (κ2) is 7.14. The van der Waals surface area contributed by atoms with Gasteiger partial charge in [0, 0.05) is 15.6 Å². The Hall–Kier alpha value is -1.75. The van der Waals surface area contributed by atoms with E-state index in [2.05, 4.69) is 27.3 Å². The van der Waals surface area contributed by atoms with Crippen LogP contribution in [0.3, 0.4) is 0 Å². The van der Waals surface area contributed by atoms with Gasteiger partial charge in [0.15, 0.2) is 0 Å². The van der Waals surface area contributed by atoms with Crippen molar-refractivity contribution >= 4 is 22.1 Å². The van der Waals surface area contributed by atoms with Crippen LogP contribution >= 0.6 is 15.9 Å². The highest BCUT2D eigenvalue weighted by molar-refractivity contribution is 9.10. The predicted octanol–water partition coefficient (Wildman–Crippen LogP) is 4.81. The maximum absolute atomic E-state index is 12.5. The van der Waals surface area contributed by atoms with Gasteiger partial charge in [-0.15, -0.1) is 0 Å². The highest BCUT2D eigenvalue weighted by Gasteiger charge is 2.06. The lowest BCUT2D eigenvalue weighted by Crippen LogP contribution is -1.91. The predicted molar refractivity (Wildman–Crippen MR) is 76.9 cm³/mol. The fourth-order valence-electron chi connectivity index (χ4n) is 1.57. The highest BCUT2D eigenvalue weighted by atomic mass is 79.9. The van der Waals surface area contributed by atoms with Gasteiger partial charge in [-0.1, -0.05) is 51.4 Å². The van der Waals surface area contributed by atoms with Gasteiger partial charge in [-0.05, 0) is 23.8 Å². The molecule has 0 aliphatic heterocycles. The molecule has 20 heavy (non-hydrogen) atoms. The summed E-state index contributed by atoms with van der Waals surface area (Å²) in [5.74, 6) is 0. The van der Waals surface area contributed by atoms with Crippen molar-refractivity contribution < 1.29 is 13.6 Å². The van der Waals surface area contributed by atoms with Crippen LogP contribution in [0.2, 0.25) is 0 Å². The number of nitrogens with zero attached hydrogens (tertiary/aromatic N) is 1. The Morgan fingerprint density at radius 2 is 1.95 bits per heavy atom. The third-order valence-electron chi connectivity index (χ3n) is 2.50. The van der Waals surface area contributed by atoms with E-state index in [1.807, 2.05) is 24.3 Å². The molecular weight excluding hydrogens is 328 g/mol. The molecular formula is C15H11BrF2NO. The van der Waals surface area contributed by atoms with E-state index in [0.717, 1.165) is 10.0 Å². The number of hydrogen-bond acceptors (Lipinski definition) is 2. The van der Waals surface area contributed by atoms with Crippen molar-refractivity contribution in [3.05, 3.63) is 69.7 Å². The molecule has 0 unspecified atom stereocenters. The second-order valence-corrected chi connectivity index (χ2v) is 4.95. The van der Waals surface area contributed by atoms with E-state index in [1.54, 1.807) is 12.1 Å². The minimum Gasteiger partial charge on any atom is -0.390 e. The van der Waals surface area contributed by atoms with Gasteiger partial charge in [0.1, 0.15) is 12.8 Å². The minimum absolute atomic E-state index is 0.0222. The Morgan fingerprint density at radius 3 is 2.70 bits per heavy atom. The monoisotopic (exact) mass is 338 g/mol. The van der Waals surface area contributed by atoms with Crippen molar-refractivity contribution in [1.82, 2.24) is 0 Å². The van der Waals surface area contributed by atoms with Crippen molar-refractivity contribution in [3.63, 3.8) is 0 Å². The molecule has 103 valence electrons. The lowest BCUT2D eigenvalue weighted by molar-refractivity contribution is 0.130. The van der Waals surface area contributed by atoms with Crippen molar-refractivity contribution in [2.24, 2.45) is 5.16 Å². The molecule has 0 saturated heterocycles. The summed E-state index contributed by atoms with van der Waals surface area (Å²) in [6, 6.07) is 13.5. The zero-order valence-corrected chi connectivity index (χ0v) is 12.0. The Labute approximate surface area is 124 Å². The van der Waals surface area contributed by atoms with E-state index in [1.165, 1.54) is 12.1 Å². The van der Waals surface area contributed by atoms with E-state index in [-0.39, 0.29) is 12.2 Å². The number of alkyl halides is 2. The molecule has 1 radical (unpaired) electrons. The summed E-state index contributed by atoms with van der Waals surface area (Å²) in [7, 11) is 0. The zero-order chi connectivity index (χ0) is 14.4.